The largest absolute Gasteiger partial charge is 0.325 e. The van der Waals surface area contributed by atoms with E-state index >= 15 is 0 Å². The second-order valence-corrected chi connectivity index (χ2v) is 4.99. The summed E-state index contributed by atoms with van der Waals surface area (Å²) in [5.74, 6) is 0.845. The van der Waals surface area contributed by atoms with Crippen molar-refractivity contribution in [1.82, 2.24) is 20.1 Å². The lowest BCUT2D eigenvalue weighted by Crippen LogP contribution is -2.24. The van der Waals surface area contributed by atoms with Crippen LogP contribution < -0.4 is 10.6 Å². The molecule has 1 aliphatic heterocycles. The lowest BCUT2D eigenvalue weighted by molar-refractivity contribution is -0.119. The van der Waals surface area contributed by atoms with Gasteiger partial charge >= 0.3 is 0 Å². The molecule has 0 spiro atoms. The Labute approximate surface area is 117 Å². The Morgan fingerprint density at radius 2 is 2.30 bits per heavy atom. The number of nitrogens with zero attached hydrogens (tertiary/aromatic N) is 3. The number of benzene rings is 1. The number of para-hydroxylation sites is 1. The van der Waals surface area contributed by atoms with E-state index in [1.54, 1.807) is 6.33 Å². The first kappa shape index (κ1) is 12.8. The minimum atomic E-state index is 0.0440. The van der Waals surface area contributed by atoms with Crippen LogP contribution in [0.25, 0.3) is 11.4 Å². The third-order valence-electron chi connectivity index (χ3n) is 3.57. The molecule has 1 aromatic heterocycles. The van der Waals surface area contributed by atoms with Crippen LogP contribution in [0.4, 0.5) is 5.69 Å². The smallest absolute Gasteiger partial charge is 0.228 e. The molecule has 0 aliphatic carbocycles. The highest BCUT2D eigenvalue weighted by molar-refractivity contribution is 5.96. The maximum Gasteiger partial charge on any atom is 0.228 e. The molecule has 0 bridgehead atoms. The zero-order valence-corrected chi connectivity index (χ0v) is 11.3. The van der Waals surface area contributed by atoms with Crippen molar-refractivity contribution < 1.29 is 4.79 Å². The number of rotatable bonds is 3. The second kappa shape index (κ2) is 5.42. The Morgan fingerprint density at radius 1 is 1.45 bits per heavy atom. The molecule has 1 unspecified atom stereocenters. The van der Waals surface area contributed by atoms with Gasteiger partial charge in [-0.15, -0.1) is 10.2 Å². The Hall–Kier alpha value is -2.21. The third-order valence-corrected chi connectivity index (χ3v) is 3.57. The van der Waals surface area contributed by atoms with E-state index in [2.05, 4.69) is 20.8 Å². The average molecular weight is 271 g/mol. The molecule has 0 saturated carbocycles. The number of aryl methyl sites for hydroxylation is 1. The highest BCUT2D eigenvalue weighted by Crippen LogP contribution is 2.26. The van der Waals surface area contributed by atoms with E-state index in [1.807, 2.05) is 35.9 Å². The van der Waals surface area contributed by atoms with Gasteiger partial charge in [0.2, 0.25) is 5.91 Å². The van der Waals surface area contributed by atoms with Gasteiger partial charge < -0.3 is 15.2 Å². The molecule has 6 nitrogen and oxygen atoms in total. The fraction of sp³-hybridized carbons (Fsp3) is 0.357. The molecule has 2 N–H and O–H groups in total. The topological polar surface area (TPSA) is 71.8 Å². The number of hydrogen-bond donors (Lipinski definition) is 2. The number of aromatic nitrogens is 3. The van der Waals surface area contributed by atoms with Crippen LogP contribution in [0.5, 0.6) is 0 Å². The van der Waals surface area contributed by atoms with Crippen LogP contribution in [-0.2, 0) is 11.8 Å². The Morgan fingerprint density at radius 3 is 3.00 bits per heavy atom. The zero-order valence-electron chi connectivity index (χ0n) is 11.3. The molecule has 1 saturated heterocycles. The van der Waals surface area contributed by atoms with Crippen LogP contribution in [0.15, 0.2) is 30.6 Å². The maximum atomic E-state index is 12.2. The maximum absolute atomic E-state index is 12.2. The molecule has 1 fully saturated rings. The van der Waals surface area contributed by atoms with Crippen molar-refractivity contribution in [2.24, 2.45) is 13.0 Å². The van der Waals surface area contributed by atoms with E-state index in [1.165, 1.54) is 0 Å². The predicted molar refractivity (Wildman–Crippen MR) is 76.0 cm³/mol. The molecule has 1 aliphatic rings. The quantitative estimate of drug-likeness (QED) is 0.874. The molecular formula is C14H17N5O. The van der Waals surface area contributed by atoms with Crippen molar-refractivity contribution in [2.45, 2.75) is 6.42 Å². The number of carbonyl (C=O) groups excluding carboxylic acids is 1. The number of amides is 1. The summed E-state index contributed by atoms with van der Waals surface area (Å²) < 4.78 is 1.84. The Balaban J connectivity index is 1.86. The molecule has 2 aromatic rings. The van der Waals surface area contributed by atoms with Gasteiger partial charge in [0.05, 0.1) is 11.6 Å². The van der Waals surface area contributed by atoms with E-state index in [0.717, 1.165) is 36.6 Å². The standard InChI is InChI=1S/C14H17N5O/c1-19-9-16-18-13(19)11-4-2-3-5-12(11)17-14(20)10-6-7-15-8-10/h2-5,9-10,15H,6-8H2,1H3,(H,17,20). The molecular weight excluding hydrogens is 254 g/mol. The fourth-order valence-electron chi connectivity index (χ4n) is 2.43. The second-order valence-electron chi connectivity index (χ2n) is 4.99. The van der Waals surface area contributed by atoms with Gasteiger partial charge in [-0.2, -0.15) is 0 Å². The van der Waals surface area contributed by atoms with Gasteiger partial charge in [-0.05, 0) is 25.1 Å². The molecule has 1 atom stereocenters. The summed E-state index contributed by atoms with van der Waals surface area (Å²) in [5, 5.41) is 14.2. The number of nitrogens with one attached hydrogen (secondary N) is 2. The highest BCUT2D eigenvalue weighted by Gasteiger charge is 2.23. The summed E-state index contributed by atoms with van der Waals surface area (Å²) in [6, 6.07) is 7.66. The molecule has 2 heterocycles. The Bertz CT molecular complexity index is 616. The minimum absolute atomic E-state index is 0.0440. The average Bonchev–Trinajstić information content (AvgIpc) is 3.10. The van der Waals surface area contributed by atoms with Crippen LogP contribution in [-0.4, -0.2) is 33.8 Å². The van der Waals surface area contributed by atoms with Crippen molar-refractivity contribution in [3.05, 3.63) is 30.6 Å². The first-order chi connectivity index (χ1) is 9.75. The van der Waals surface area contributed by atoms with Crippen LogP contribution >= 0.6 is 0 Å². The van der Waals surface area contributed by atoms with Gasteiger partial charge in [0.15, 0.2) is 5.82 Å². The normalized spacial score (nSPS) is 18.1. The first-order valence-corrected chi connectivity index (χ1v) is 6.70. The van der Waals surface area contributed by atoms with Crippen LogP contribution in [0.2, 0.25) is 0 Å². The summed E-state index contributed by atoms with van der Waals surface area (Å²) in [6.45, 7) is 1.65. The number of carbonyl (C=O) groups is 1. The van der Waals surface area contributed by atoms with Crippen LogP contribution in [0.3, 0.4) is 0 Å². The summed E-state index contributed by atoms with van der Waals surface area (Å²) >= 11 is 0. The van der Waals surface area contributed by atoms with Crippen molar-refractivity contribution in [3.63, 3.8) is 0 Å². The van der Waals surface area contributed by atoms with Gasteiger partial charge in [0.25, 0.3) is 0 Å². The highest BCUT2D eigenvalue weighted by atomic mass is 16.1. The van der Waals surface area contributed by atoms with Gasteiger partial charge in [-0.25, -0.2) is 0 Å². The molecule has 1 amide bonds. The molecule has 20 heavy (non-hydrogen) atoms. The molecule has 104 valence electrons. The third kappa shape index (κ3) is 2.42. The SMILES string of the molecule is Cn1cnnc1-c1ccccc1NC(=O)C1CCNC1. The van der Waals surface area contributed by atoms with Gasteiger partial charge in [0.1, 0.15) is 6.33 Å². The lowest BCUT2D eigenvalue weighted by atomic mass is 10.1. The van der Waals surface area contributed by atoms with Crippen LogP contribution in [0.1, 0.15) is 6.42 Å². The summed E-state index contributed by atoms with van der Waals surface area (Å²) in [4.78, 5) is 12.2. The van der Waals surface area contributed by atoms with E-state index in [9.17, 15) is 4.79 Å². The summed E-state index contributed by atoms with van der Waals surface area (Å²) in [6.07, 6.45) is 2.53. The molecule has 1 aromatic carbocycles. The lowest BCUT2D eigenvalue weighted by Gasteiger charge is -2.13. The molecule has 3 rings (SSSR count). The van der Waals surface area contributed by atoms with Crippen molar-refractivity contribution in [2.75, 3.05) is 18.4 Å². The summed E-state index contributed by atoms with van der Waals surface area (Å²) in [5.41, 5.74) is 1.66. The number of anilines is 1. The first-order valence-electron chi connectivity index (χ1n) is 6.70. The van der Waals surface area contributed by atoms with Gasteiger partial charge in [-0.1, -0.05) is 12.1 Å². The number of hydrogen-bond acceptors (Lipinski definition) is 4. The fourth-order valence-corrected chi connectivity index (χ4v) is 2.43. The molecule has 6 heteroatoms. The predicted octanol–water partition coefficient (Wildman–Crippen LogP) is 1.03. The summed E-state index contributed by atoms with van der Waals surface area (Å²) in [7, 11) is 1.88. The Kier molecular flexibility index (Phi) is 3.47. The molecule has 0 radical (unpaired) electrons. The van der Waals surface area contributed by atoms with E-state index in [0.29, 0.717) is 0 Å². The van der Waals surface area contributed by atoms with Crippen molar-refractivity contribution in [1.29, 1.82) is 0 Å². The minimum Gasteiger partial charge on any atom is -0.325 e. The van der Waals surface area contributed by atoms with Gasteiger partial charge in [-0.3, -0.25) is 4.79 Å². The van der Waals surface area contributed by atoms with Crippen LogP contribution in [0, 0.1) is 5.92 Å². The van der Waals surface area contributed by atoms with Crippen molar-refractivity contribution in [3.8, 4) is 11.4 Å². The van der Waals surface area contributed by atoms with Gasteiger partial charge in [0, 0.05) is 19.2 Å². The van der Waals surface area contributed by atoms with E-state index < -0.39 is 0 Å². The van der Waals surface area contributed by atoms with E-state index in [-0.39, 0.29) is 11.8 Å². The van der Waals surface area contributed by atoms with E-state index in [4.69, 9.17) is 0 Å². The van der Waals surface area contributed by atoms with Crippen molar-refractivity contribution >= 4 is 11.6 Å². The monoisotopic (exact) mass is 271 g/mol. The zero-order chi connectivity index (χ0) is 13.9.